The summed E-state index contributed by atoms with van der Waals surface area (Å²) in [7, 11) is 0. The summed E-state index contributed by atoms with van der Waals surface area (Å²) in [5, 5.41) is 0. The summed E-state index contributed by atoms with van der Waals surface area (Å²) < 4.78 is 11.2. The van der Waals surface area contributed by atoms with Gasteiger partial charge < -0.3 is 15.2 Å². The molecule has 0 amide bonds. The number of ether oxygens (including phenoxy) is 2. The van der Waals surface area contributed by atoms with Crippen LogP contribution >= 0.6 is 0 Å². The number of nitrogen functional groups attached to an aromatic ring is 1. The van der Waals surface area contributed by atoms with Crippen LogP contribution in [-0.2, 0) is 4.74 Å². The lowest BCUT2D eigenvalue weighted by atomic mass is 10.2. The van der Waals surface area contributed by atoms with Gasteiger partial charge in [-0.25, -0.2) is 4.79 Å². The van der Waals surface area contributed by atoms with Crippen molar-refractivity contribution in [2.24, 2.45) is 0 Å². The highest BCUT2D eigenvalue weighted by atomic mass is 16.5. The first kappa shape index (κ1) is 16.7. The summed E-state index contributed by atoms with van der Waals surface area (Å²) in [6.07, 6.45) is 8.88. The van der Waals surface area contributed by atoms with Gasteiger partial charge in [0, 0.05) is 0 Å². The zero-order valence-corrected chi connectivity index (χ0v) is 13.5. The van der Waals surface area contributed by atoms with Crippen LogP contribution in [0.25, 0.3) is 0 Å². The molecule has 1 aliphatic rings. The zero-order valence-electron chi connectivity index (χ0n) is 13.5. The highest BCUT2D eigenvalue weighted by molar-refractivity contribution is 5.90. The highest BCUT2D eigenvalue weighted by Crippen LogP contribution is 2.26. The van der Waals surface area contributed by atoms with E-state index in [0.29, 0.717) is 23.6 Å². The molecule has 1 aromatic carbocycles. The number of unbranched alkanes of at least 4 members (excludes halogenated alkanes) is 3. The van der Waals surface area contributed by atoms with Crippen LogP contribution in [0.4, 0.5) is 5.69 Å². The van der Waals surface area contributed by atoms with E-state index < -0.39 is 0 Å². The van der Waals surface area contributed by atoms with E-state index in [1.807, 2.05) is 0 Å². The molecule has 0 saturated heterocycles. The van der Waals surface area contributed by atoms with E-state index in [4.69, 9.17) is 15.2 Å². The van der Waals surface area contributed by atoms with Crippen molar-refractivity contribution in [3.05, 3.63) is 23.8 Å². The Labute approximate surface area is 133 Å². The third-order valence-corrected chi connectivity index (χ3v) is 4.08. The largest absolute Gasteiger partial charge is 0.491 e. The van der Waals surface area contributed by atoms with Gasteiger partial charge in [0.15, 0.2) is 0 Å². The van der Waals surface area contributed by atoms with E-state index >= 15 is 0 Å². The van der Waals surface area contributed by atoms with Crippen molar-refractivity contribution in [2.45, 2.75) is 64.4 Å². The van der Waals surface area contributed by atoms with E-state index in [0.717, 1.165) is 38.5 Å². The fraction of sp³-hybridized carbons (Fsp3) is 0.611. The Balaban J connectivity index is 1.89. The minimum atomic E-state index is -0.275. The van der Waals surface area contributed by atoms with Crippen LogP contribution in [0.2, 0.25) is 0 Å². The Morgan fingerprint density at radius 1 is 1.23 bits per heavy atom. The molecule has 0 unspecified atom stereocenters. The van der Waals surface area contributed by atoms with Crippen molar-refractivity contribution in [1.82, 2.24) is 0 Å². The number of anilines is 1. The van der Waals surface area contributed by atoms with E-state index in [-0.39, 0.29) is 12.1 Å². The van der Waals surface area contributed by atoms with Crippen LogP contribution in [-0.4, -0.2) is 18.7 Å². The summed E-state index contributed by atoms with van der Waals surface area (Å²) in [5.74, 6) is 0.306. The van der Waals surface area contributed by atoms with Gasteiger partial charge in [0.1, 0.15) is 11.9 Å². The predicted molar refractivity (Wildman–Crippen MR) is 88.2 cm³/mol. The Hall–Kier alpha value is -1.71. The normalized spacial score (nSPS) is 15.0. The molecular weight excluding hydrogens is 278 g/mol. The number of carbonyl (C=O) groups excluding carboxylic acids is 1. The van der Waals surface area contributed by atoms with Crippen LogP contribution in [0.3, 0.4) is 0 Å². The topological polar surface area (TPSA) is 61.5 Å². The first-order chi connectivity index (χ1) is 10.7. The van der Waals surface area contributed by atoms with Gasteiger partial charge in [-0.05, 0) is 50.3 Å². The molecule has 4 nitrogen and oxygen atoms in total. The molecule has 0 radical (unpaired) electrons. The fourth-order valence-electron chi connectivity index (χ4n) is 2.72. The van der Waals surface area contributed by atoms with Gasteiger partial charge in [-0.3, -0.25) is 0 Å². The summed E-state index contributed by atoms with van der Waals surface area (Å²) in [4.78, 5) is 12.2. The third-order valence-electron chi connectivity index (χ3n) is 4.08. The van der Waals surface area contributed by atoms with Gasteiger partial charge in [0.2, 0.25) is 0 Å². The minimum Gasteiger partial charge on any atom is -0.491 e. The van der Waals surface area contributed by atoms with Crippen molar-refractivity contribution in [3.8, 4) is 5.75 Å². The van der Waals surface area contributed by atoms with Gasteiger partial charge in [0.05, 0.1) is 17.9 Å². The number of nitrogens with two attached hydrogens (primary N) is 1. The maximum absolute atomic E-state index is 12.2. The van der Waals surface area contributed by atoms with Crippen molar-refractivity contribution < 1.29 is 14.3 Å². The number of benzene rings is 1. The molecule has 1 aromatic rings. The number of hydrogen-bond acceptors (Lipinski definition) is 4. The second kappa shape index (κ2) is 8.66. The van der Waals surface area contributed by atoms with Crippen LogP contribution in [0, 0.1) is 0 Å². The Kier molecular flexibility index (Phi) is 6.56. The predicted octanol–water partition coefficient (Wildman–Crippen LogP) is 4.33. The van der Waals surface area contributed by atoms with Crippen molar-refractivity contribution >= 4 is 11.7 Å². The lowest BCUT2D eigenvalue weighted by Crippen LogP contribution is -2.15. The SMILES string of the molecule is CCCCCCOc1cc(C(=O)OC2CCCC2)ccc1N. The number of carbonyl (C=O) groups is 1. The maximum Gasteiger partial charge on any atom is 0.338 e. The zero-order chi connectivity index (χ0) is 15.8. The molecule has 2 rings (SSSR count). The third kappa shape index (κ3) is 4.93. The van der Waals surface area contributed by atoms with Crippen LogP contribution in [0.1, 0.15) is 68.6 Å². The van der Waals surface area contributed by atoms with Gasteiger partial charge >= 0.3 is 5.97 Å². The molecule has 0 bridgehead atoms. The first-order valence-corrected chi connectivity index (χ1v) is 8.44. The molecule has 0 spiro atoms. The van der Waals surface area contributed by atoms with Crippen molar-refractivity contribution in [3.63, 3.8) is 0 Å². The Bertz CT molecular complexity index is 481. The average Bonchev–Trinajstić information content (AvgIpc) is 3.01. The lowest BCUT2D eigenvalue weighted by Gasteiger charge is -2.13. The molecule has 1 aliphatic carbocycles. The summed E-state index contributed by atoms with van der Waals surface area (Å²) in [6.45, 7) is 2.81. The summed E-state index contributed by atoms with van der Waals surface area (Å²) in [5.41, 5.74) is 7.00. The second-order valence-corrected chi connectivity index (χ2v) is 5.97. The number of hydrogen-bond donors (Lipinski definition) is 1. The first-order valence-electron chi connectivity index (χ1n) is 8.44. The molecule has 2 N–H and O–H groups in total. The Morgan fingerprint density at radius 2 is 2.00 bits per heavy atom. The molecule has 0 aliphatic heterocycles. The molecular formula is C18H27NO3. The van der Waals surface area contributed by atoms with Gasteiger partial charge in [-0.1, -0.05) is 26.2 Å². The average molecular weight is 305 g/mol. The van der Waals surface area contributed by atoms with Gasteiger partial charge in [0.25, 0.3) is 0 Å². The minimum absolute atomic E-state index is 0.0727. The molecule has 122 valence electrons. The molecule has 22 heavy (non-hydrogen) atoms. The molecule has 0 atom stereocenters. The maximum atomic E-state index is 12.2. The smallest absolute Gasteiger partial charge is 0.338 e. The Morgan fingerprint density at radius 3 is 2.73 bits per heavy atom. The molecule has 1 saturated carbocycles. The number of esters is 1. The van der Waals surface area contributed by atoms with E-state index in [1.165, 1.54) is 12.8 Å². The molecule has 0 heterocycles. The summed E-state index contributed by atoms with van der Waals surface area (Å²) >= 11 is 0. The molecule has 0 aromatic heterocycles. The van der Waals surface area contributed by atoms with Crippen LogP contribution in [0.5, 0.6) is 5.75 Å². The van der Waals surface area contributed by atoms with E-state index in [1.54, 1.807) is 18.2 Å². The summed E-state index contributed by atoms with van der Waals surface area (Å²) in [6, 6.07) is 5.12. The number of rotatable bonds is 8. The van der Waals surface area contributed by atoms with Gasteiger partial charge in [-0.2, -0.15) is 0 Å². The standard InChI is InChI=1S/C18H27NO3/c1-2-3-4-7-12-21-17-13-14(10-11-16(17)19)18(20)22-15-8-5-6-9-15/h10-11,13,15H,2-9,12,19H2,1H3. The van der Waals surface area contributed by atoms with E-state index in [2.05, 4.69) is 6.92 Å². The van der Waals surface area contributed by atoms with E-state index in [9.17, 15) is 4.79 Å². The van der Waals surface area contributed by atoms with Crippen LogP contribution in [0.15, 0.2) is 18.2 Å². The monoisotopic (exact) mass is 305 g/mol. The van der Waals surface area contributed by atoms with Crippen molar-refractivity contribution in [1.29, 1.82) is 0 Å². The highest BCUT2D eigenvalue weighted by Gasteiger charge is 2.20. The van der Waals surface area contributed by atoms with Crippen LogP contribution < -0.4 is 10.5 Å². The molecule has 1 fully saturated rings. The second-order valence-electron chi connectivity index (χ2n) is 5.97. The molecule has 4 heteroatoms. The fourth-order valence-corrected chi connectivity index (χ4v) is 2.72. The van der Waals surface area contributed by atoms with Gasteiger partial charge in [-0.15, -0.1) is 0 Å². The van der Waals surface area contributed by atoms with Crippen molar-refractivity contribution in [2.75, 3.05) is 12.3 Å². The quantitative estimate of drug-likeness (QED) is 0.441. The lowest BCUT2D eigenvalue weighted by molar-refractivity contribution is 0.0317.